The van der Waals surface area contributed by atoms with Crippen LogP contribution in [-0.4, -0.2) is 36.7 Å². The Bertz CT molecular complexity index is 398. The number of morpholine rings is 1. The van der Waals surface area contributed by atoms with E-state index in [9.17, 15) is 4.79 Å². The molecule has 0 radical (unpaired) electrons. The molecule has 1 aromatic heterocycles. The zero-order valence-corrected chi connectivity index (χ0v) is 12.4. The van der Waals surface area contributed by atoms with Crippen molar-refractivity contribution < 1.29 is 9.53 Å². The zero-order valence-electron chi connectivity index (χ0n) is 10.7. The van der Waals surface area contributed by atoms with Gasteiger partial charge in [-0.3, -0.25) is 9.78 Å². The molecule has 0 saturated carbocycles. The molecule has 19 heavy (non-hydrogen) atoms. The van der Waals surface area contributed by atoms with E-state index in [0.717, 1.165) is 24.4 Å². The van der Waals surface area contributed by atoms with Crippen LogP contribution in [0.25, 0.3) is 0 Å². The summed E-state index contributed by atoms with van der Waals surface area (Å²) in [6, 6.07) is 1.98. The molecule has 1 aromatic rings. The van der Waals surface area contributed by atoms with E-state index in [-0.39, 0.29) is 36.8 Å². The fraction of sp³-hybridized carbons (Fsp3) is 0.500. The predicted octanol–water partition coefficient (Wildman–Crippen LogP) is 1.55. The van der Waals surface area contributed by atoms with Gasteiger partial charge in [0.15, 0.2) is 0 Å². The van der Waals surface area contributed by atoms with Crippen molar-refractivity contribution in [2.24, 2.45) is 0 Å². The molecule has 1 fully saturated rings. The molecule has 1 aliphatic heterocycles. The van der Waals surface area contributed by atoms with E-state index < -0.39 is 0 Å². The Morgan fingerprint density at radius 1 is 1.58 bits per heavy atom. The van der Waals surface area contributed by atoms with Crippen LogP contribution in [-0.2, 0) is 9.53 Å². The highest BCUT2D eigenvalue weighted by atomic mass is 35.5. The number of halogens is 2. The SMILES string of the molecule is Cc1ccncc1NC(=O)CC1COCCN1.Cl.Cl. The van der Waals surface area contributed by atoms with Crippen molar-refractivity contribution in [3.8, 4) is 0 Å². The number of nitrogens with zero attached hydrogens (tertiary/aromatic N) is 1. The first-order valence-electron chi connectivity index (χ1n) is 5.77. The normalized spacial score (nSPS) is 17.8. The van der Waals surface area contributed by atoms with Crippen LogP contribution >= 0.6 is 24.8 Å². The Balaban J connectivity index is 0.00000162. The molecule has 2 heterocycles. The minimum absolute atomic E-state index is 0. The standard InChI is InChI=1S/C12H17N3O2.2ClH/c1-9-2-3-13-7-11(9)15-12(16)6-10-8-17-5-4-14-10;;/h2-3,7,10,14H,4-6,8H2,1H3,(H,15,16);2*1H. The Kier molecular flexibility index (Phi) is 8.67. The zero-order chi connectivity index (χ0) is 12.1. The van der Waals surface area contributed by atoms with Gasteiger partial charge in [-0.1, -0.05) is 0 Å². The van der Waals surface area contributed by atoms with Crippen LogP contribution in [0.5, 0.6) is 0 Å². The summed E-state index contributed by atoms with van der Waals surface area (Å²) in [5.41, 5.74) is 1.79. The first kappa shape index (κ1) is 18.1. The van der Waals surface area contributed by atoms with Crippen molar-refractivity contribution in [3.63, 3.8) is 0 Å². The molecule has 0 aromatic carbocycles. The van der Waals surface area contributed by atoms with Gasteiger partial charge in [-0.15, -0.1) is 24.8 Å². The van der Waals surface area contributed by atoms with Gasteiger partial charge in [0.05, 0.1) is 25.1 Å². The molecule has 1 aliphatic rings. The maximum Gasteiger partial charge on any atom is 0.226 e. The number of pyridine rings is 1. The third-order valence-corrected chi connectivity index (χ3v) is 2.74. The molecule has 1 unspecified atom stereocenters. The molecular formula is C12H19Cl2N3O2. The fourth-order valence-electron chi connectivity index (χ4n) is 1.77. The average molecular weight is 308 g/mol. The first-order chi connectivity index (χ1) is 8.25. The largest absolute Gasteiger partial charge is 0.378 e. The number of hydrogen-bond donors (Lipinski definition) is 2. The van der Waals surface area contributed by atoms with Crippen LogP contribution in [0.4, 0.5) is 5.69 Å². The fourth-order valence-corrected chi connectivity index (χ4v) is 1.77. The van der Waals surface area contributed by atoms with E-state index in [1.807, 2.05) is 13.0 Å². The van der Waals surface area contributed by atoms with Gasteiger partial charge in [0.25, 0.3) is 0 Å². The monoisotopic (exact) mass is 307 g/mol. The van der Waals surface area contributed by atoms with E-state index in [1.54, 1.807) is 12.4 Å². The summed E-state index contributed by atoms with van der Waals surface area (Å²) in [5.74, 6) is -0.0101. The summed E-state index contributed by atoms with van der Waals surface area (Å²) in [7, 11) is 0. The summed E-state index contributed by atoms with van der Waals surface area (Å²) in [6.45, 7) is 4.07. The molecule has 0 spiro atoms. The highest BCUT2D eigenvalue weighted by Gasteiger charge is 2.17. The van der Waals surface area contributed by atoms with Gasteiger partial charge in [0.2, 0.25) is 5.91 Å². The number of amides is 1. The summed E-state index contributed by atoms with van der Waals surface area (Å²) < 4.78 is 5.30. The molecule has 2 rings (SSSR count). The van der Waals surface area contributed by atoms with Gasteiger partial charge < -0.3 is 15.4 Å². The average Bonchev–Trinajstić information content (AvgIpc) is 2.33. The first-order valence-corrected chi connectivity index (χ1v) is 5.77. The Labute approximate surface area is 125 Å². The molecule has 0 bridgehead atoms. The number of carbonyl (C=O) groups excluding carboxylic acids is 1. The molecule has 7 heteroatoms. The van der Waals surface area contributed by atoms with Gasteiger partial charge in [-0.25, -0.2) is 0 Å². The number of hydrogen-bond acceptors (Lipinski definition) is 4. The molecule has 2 N–H and O–H groups in total. The van der Waals surface area contributed by atoms with Gasteiger partial charge in [-0.05, 0) is 18.6 Å². The second-order valence-electron chi connectivity index (χ2n) is 4.17. The van der Waals surface area contributed by atoms with Crippen molar-refractivity contribution in [3.05, 3.63) is 24.0 Å². The summed E-state index contributed by atoms with van der Waals surface area (Å²) in [6.07, 6.45) is 3.80. The number of aryl methyl sites for hydroxylation is 1. The summed E-state index contributed by atoms with van der Waals surface area (Å²) >= 11 is 0. The number of carbonyl (C=O) groups is 1. The Hall–Kier alpha value is -0.880. The molecular weight excluding hydrogens is 289 g/mol. The smallest absolute Gasteiger partial charge is 0.226 e. The topological polar surface area (TPSA) is 63.2 Å². The molecule has 5 nitrogen and oxygen atoms in total. The maximum atomic E-state index is 11.8. The molecule has 1 atom stereocenters. The van der Waals surface area contributed by atoms with Gasteiger partial charge >= 0.3 is 0 Å². The maximum absolute atomic E-state index is 11.8. The number of anilines is 1. The lowest BCUT2D eigenvalue weighted by molar-refractivity contribution is -0.117. The molecule has 108 valence electrons. The van der Waals surface area contributed by atoms with E-state index in [1.165, 1.54) is 0 Å². The summed E-state index contributed by atoms with van der Waals surface area (Å²) in [5, 5.41) is 6.11. The van der Waals surface area contributed by atoms with Crippen LogP contribution < -0.4 is 10.6 Å². The van der Waals surface area contributed by atoms with Crippen LogP contribution in [0.2, 0.25) is 0 Å². The number of ether oxygens (including phenoxy) is 1. The molecule has 1 amide bonds. The minimum atomic E-state index is -0.0101. The van der Waals surface area contributed by atoms with E-state index in [4.69, 9.17) is 4.74 Å². The second kappa shape index (κ2) is 9.09. The van der Waals surface area contributed by atoms with E-state index in [0.29, 0.717) is 13.0 Å². The van der Waals surface area contributed by atoms with E-state index >= 15 is 0 Å². The third kappa shape index (κ3) is 5.74. The Morgan fingerprint density at radius 3 is 3.00 bits per heavy atom. The van der Waals surface area contributed by atoms with Crippen LogP contribution in [0.1, 0.15) is 12.0 Å². The predicted molar refractivity (Wildman–Crippen MR) is 79.3 cm³/mol. The minimum Gasteiger partial charge on any atom is -0.378 e. The van der Waals surface area contributed by atoms with Gasteiger partial charge in [0, 0.05) is 25.2 Å². The molecule has 0 aliphatic carbocycles. The lowest BCUT2D eigenvalue weighted by Crippen LogP contribution is -2.43. The number of aromatic nitrogens is 1. The molecule has 1 saturated heterocycles. The van der Waals surface area contributed by atoms with Crippen molar-refractivity contribution in [2.45, 2.75) is 19.4 Å². The lowest BCUT2D eigenvalue weighted by atomic mass is 10.2. The van der Waals surface area contributed by atoms with Gasteiger partial charge in [-0.2, -0.15) is 0 Å². The highest BCUT2D eigenvalue weighted by molar-refractivity contribution is 5.91. The summed E-state index contributed by atoms with van der Waals surface area (Å²) in [4.78, 5) is 15.8. The van der Waals surface area contributed by atoms with Crippen LogP contribution in [0.3, 0.4) is 0 Å². The quantitative estimate of drug-likeness (QED) is 0.889. The van der Waals surface area contributed by atoms with Crippen molar-refractivity contribution in [2.75, 3.05) is 25.1 Å². The number of nitrogens with one attached hydrogen (secondary N) is 2. The second-order valence-corrected chi connectivity index (χ2v) is 4.17. The van der Waals surface area contributed by atoms with Crippen molar-refractivity contribution in [1.82, 2.24) is 10.3 Å². The van der Waals surface area contributed by atoms with Crippen molar-refractivity contribution >= 4 is 36.4 Å². The van der Waals surface area contributed by atoms with Crippen LogP contribution in [0, 0.1) is 6.92 Å². The highest BCUT2D eigenvalue weighted by Crippen LogP contribution is 2.12. The lowest BCUT2D eigenvalue weighted by Gasteiger charge is -2.23. The number of rotatable bonds is 3. The third-order valence-electron chi connectivity index (χ3n) is 2.74. The van der Waals surface area contributed by atoms with Crippen molar-refractivity contribution in [1.29, 1.82) is 0 Å². The Morgan fingerprint density at radius 2 is 2.37 bits per heavy atom. The van der Waals surface area contributed by atoms with Crippen LogP contribution in [0.15, 0.2) is 18.5 Å². The van der Waals surface area contributed by atoms with E-state index in [2.05, 4.69) is 15.6 Å². The van der Waals surface area contributed by atoms with Gasteiger partial charge in [0.1, 0.15) is 0 Å².